The lowest BCUT2D eigenvalue weighted by Gasteiger charge is -2.53. The van der Waals surface area contributed by atoms with Gasteiger partial charge in [0, 0.05) is 49.8 Å². The lowest BCUT2D eigenvalue weighted by atomic mass is 9.66. The van der Waals surface area contributed by atoms with Gasteiger partial charge in [0.25, 0.3) is 5.56 Å². The molecule has 3 aliphatic rings. The highest BCUT2D eigenvalue weighted by molar-refractivity contribution is 5.76. The number of aliphatic hydroxyl groups is 1. The zero-order valence-corrected chi connectivity index (χ0v) is 25.0. The third kappa shape index (κ3) is 5.40. The van der Waals surface area contributed by atoms with Crippen LogP contribution < -0.4 is 10.3 Å². The number of urea groups is 1. The number of hydrogen-bond donors (Lipinski definition) is 2. The first-order chi connectivity index (χ1) is 21.2. The van der Waals surface area contributed by atoms with Gasteiger partial charge in [-0.15, -0.1) is 0 Å². The molecule has 3 aromatic rings. The Labute approximate surface area is 256 Å². The van der Waals surface area contributed by atoms with Crippen molar-refractivity contribution in [3.8, 4) is 17.0 Å². The van der Waals surface area contributed by atoms with Crippen LogP contribution in [-0.2, 0) is 6.54 Å². The van der Waals surface area contributed by atoms with Crippen molar-refractivity contribution in [1.82, 2.24) is 24.3 Å². The molecule has 3 fully saturated rings. The van der Waals surface area contributed by atoms with Gasteiger partial charge >= 0.3 is 12.1 Å². The average molecular weight is 602 g/mol. The summed E-state index contributed by atoms with van der Waals surface area (Å²) in [6.45, 7) is 1.54. The van der Waals surface area contributed by atoms with Crippen molar-refractivity contribution in [2.45, 2.75) is 50.3 Å². The Hall–Kier alpha value is -4.38. The molecule has 2 aliphatic heterocycles. The van der Waals surface area contributed by atoms with Crippen LogP contribution in [0.3, 0.4) is 0 Å². The highest BCUT2D eigenvalue weighted by Gasteiger charge is 2.56. The number of nitrogens with zero attached hydrogens (tertiary/aromatic N) is 5. The number of piperazine rings is 1. The van der Waals surface area contributed by atoms with Gasteiger partial charge in [0.05, 0.1) is 37.3 Å². The van der Waals surface area contributed by atoms with Crippen molar-refractivity contribution in [2.24, 2.45) is 5.41 Å². The van der Waals surface area contributed by atoms with Gasteiger partial charge in [0.15, 0.2) is 0 Å². The molecule has 1 saturated carbocycles. The van der Waals surface area contributed by atoms with Crippen molar-refractivity contribution < 1.29 is 24.5 Å². The van der Waals surface area contributed by atoms with Crippen LogP contribution in [0.2, 0.25) is 0 Å². The van der Waals surface area contributed by atoms with Crippen LogP contribution in [0.15, 0.2) is 71.8 Å². The van der Waals surface area contributed by atoms with Crippen LogP contribution in [0.4, 0.5) is 9.59 Å². The molecule has 0 radical (unpaired) electrons. The number of rotatable bonds is 5. The van der Waals surface area contributed by atoms with Gasteiger partial charge in [0.1, 0.15) is 5.75 Å². The number of hydrogen-bond acceptors (Lipinski definition) is 6. The molecule has 2 saturated heterocycles. The van der Waals surface area contributed by atoms with Crippen molar-refractivity contribution in [2.75, 3.05) is 39.8 Å². The molecule has 232 valence electrons. The van der Waals surface area contributed by atoms with E-state index in [0.29, 0.717) is 31.0 Å². The number of carbonyl (C=O) groups excluding carboxylic acids is 1. The molecule has 11 heteroatoms. The molecule has 1 spiro atoms. The lowest BCUT2D eigenvalue weighted by Crippen LogP contribution is -2.64. The van der Waals surface area contributed by atoms with Crippen LogP contribution in [0, 0.1) is 5.41 Å². The Bertz CT molecular complexity index is 1570. The maximum absolute atomic E-state index is 14.1. The van der Waals surface area contributed by atoms with E-state index in [1.807, 2.05) is 59.5 Å². The Morgan fingerprint density at radius 1 is 0.977 bits per heavy atom. The van der Waals surface area contributed by atoms with E-state index in [2.05, 4.69) is 4.98 Å². The molecule has 2 N–H and O–H groups in total. The fourth-order valence-corrected chi connectivity index (χ4v) is 7.42. The SMILES string of the molecule is COc1ccccc1-c1cc(=O)n(CC2(O)CCN(C(=O)N3CCN(C(=O)O)CC3c3ccccc3)CC23CCCC3)cn1. The molecule has 6 rings (SSSR count). The van der Waals surface area contributed by atoms with Crippen LogP contribution in [0.5, 0.6) is 5.75 Å². The summed E-state index contributed by atoms with van der Waals surface area (Å²) in [5.41, 5.74) is 0.0887. The number of carboxylic acid groups (broad SMARTS) is 1. The van der Waals surface area contributed by atoms with E-state index in [-0.39, 0.29) is 37.8 Å². The van der Waals surface area contributed by atoms with Gasteiger partial charge in [-0.3, -0.25) is 9.36 Å². The molecular weight excluding hydrogens is 562 g/mol. The molecule has 11 nitrogen and oxygen atoms in total. The van der Waals surface area contributed by atoms with Crippen molar-refractivity contribution in [1.29, 1.82) is 0 Å². The molecule has 1 aliphatic carbocycles. The molecule has 2 aromatic carbocycles. The average Bonchev–Trinajstić information content (AvgIpc) is 3.53. The van der Waals surface area contributed by atoms with Crippen LogP contribution in [0.25, 0.3) is 11.3 Å². The fraction of sp³-hybridized carbons (Fsp3) is 0.455. The number of benzene rings is 2. The number of methoxy groups -OCH3 is 1. The Morgan fingerprint density at radius 2 is 1.70 bits per heavy atom. The lowest BCUT2D eigenvalue weighted by molar-refractivity contribution is -0.137. The maximum Gasteiger partial charge on any atom is 0.407 e. The van der Waals surface area contributed by atoms with Gasteiger partial charge in [-0.05, 0) is 37.0 Å². The monoisotopic (exact) mass is 601 g/mol. The first-order valence-corrected chi connectivity index (χ1v) is 15.2. The first kappa shape index (κ1) is 29.7. The van der Waals surface area contributed by atoms with Gasteiger partial charge in [-0.1, -0.05) is 55.3 Å². The van der Waals surface area contributed by atoms with E-state index in [4.69, 9.17) is 4.74 Å². The molecular formula is C33H39N5O6. The summed E-state index contributed by atoms with van der Waals surface area (Å²) in [5.74, 6) is 0.622. The third-order valence-corrected chi connectivity index (χ3v) is 9.88. The van der Waals surface area contributed by atoms with E-state index < -0.39 is 23.2 Å². The largest absolute Gasteiger partial charge is 0.496 e. The number of piperidine rings is 1. The number of aromatic nitrogens is 2. The second kappa shape index (κ2) is 12.0. The van der Waals surface area contributed by atoms with Crippen molar-refractivity contribution >= 4 is 12.1 Å². The molecule has 2 atom stereocenters. The predicted molar refractivity (Wildman–Crippen MR) is 163 cm³/mol. The number of para-hydroxylation sites is 1. The van der Waals surface area contributed by atoms with Gasteiger partial charge < -0.3 is 29.6 Å². The summed E-state index contributed by atoms with van der Waals surface area (Å²) in [7, 11) is 1.57. The minimum absolute atomic E-state index is 0.0942. The molecule has 3 amide bonds. The minimum Gasteiger partial charge on any atom is -0.496 e. The summed E-state index contributed by atoms with van der Waals surface area (Å²) in [5, 5.41) is 21.9. The molecule has 2 unspecified atom stereocenters. The second-order valence-corrected chi connectivity index (χ2v) is 12.3. The summed E-state index contributed by atoms with van der Waals surface area (Å²) < 4.78 is 6.92. The zero-order valence-electron chi connectivity index (χ0n) is 25.0. The number of likely N-dealkylation sites (tertiary alicyclic amines) is 1. The number of amides is 3. The van der Waals surface area contributed by atoms with Gasteiger partial charge in [0.2, 0.25) is 0 Å². The third-order valence-electron chi connectivity index (χ3n) is 9.88. The van der Waals surface area contributed by atoms with E-state index >= 15 is 0 Å². The highest BCUT2D eigenvalue weighted by Crippen LogP contribution is 2.52. The number of ether oxygens (including phenoxy) is 1. The highest BCUT2D eigenvalue weighted by atomic mass is 16.5. The molecule has 44 heavy (non-hydrogen) atoms. The second-order valence-electron chi connectivity index (χ2n) is 12.3. The summed E-state index contributed by atoms with van der Waals surface area (Å²) in [6, 6.07) is 17.9. The van der Waals surface area contributed by atoms with E-state index in [1.165, 1.54) is 21.9 Å². The Morgan fingerprint density at radius 3 is 2.41 bits per heavy atom. The first-order valence-electron chi connectivity index (χ1n) is 15.2. The normalized spacial score (nSPS) is 23.1. The zero-order chi connectivity index (χ0) is 30.9. The van der Waals surface area contributed by atoms with E-state index in [9.17, 15) is 24.6 Å². The van der Waals surface area contributed by atoms with Crippen LogP contribution >= 0.6 is 0 Å². The summed E-state index contributed by atoms with van der Waals surface area (Å²) in [6.07, 6.45) is 4.21. The predicted octanol–water partition coefficient (Wildman–Crippen LogP) is 4.07. The summed E-state index contributed by atoms with van der Waals surface area (Å²) in [4.78, 5) is 48.8. The smallest absolute Gasteiger partial charge is 0.407 e. The fourth-order valence-electron chi connectivity index (χ4n) is 7.42. The van der Waals surface area contributed by atoms with E-state index in [1.54, 1.807) is 12.0 Å². The Kier molecular flexibility index (Phi) is 8.06. The van der Waals surface area contributed by atoms with Crippen molar-refractivity contribution in [3.05, 3.63) is 82.9 Å². The number of carbonyl (C=O) groups is 2. The van der Waals surface area contributed by atoms with Crippen LogP contribution in [-0.4, -0.2) is 92.0 Å². The molecule has 1 aromatic heterocycles. The standard InChI is InChI=1S/C33H39N5O6/c1-44-28-12-6-5-11-25(28)26-19-29(39)37(23-34-26)22-33(43)15-16-36(21-32(33)13-7-8-14-32)30(40)38-18-17-35(31(41)42)20-27(38)24-9-3-2-4-10-24/h2-6,9-12,19,23,27,43H,7-8,13-18,20-22H2,1H3,(H,41,42). The molecule has 0 bridgehead atoms. The van der Waals surface area contributed by atoms with Crippen LogP contribution in [0.1, 0.15) is 43.7 Å². The van der Waals surface area contributed by atoms with E-state index in [0.717, 1.165) is 36.8 Å². The quantitative estimate of drug-likeness (QED) is 0.451. The minimum atomic E-state index is -1.20. The van der Waals surface area contributed by atoms with Crippen molar-refractivity contribution in [3.63, 3.8) is 0 Å². The summed E-state index contributed by atoms with van der Waals surface area (Å²) >= 11 is 0. The maximum atomic E-state index is 14.1. The Balaban J connectivity index is 1.23. The van der Waals surface area contributed by atoms with Gasteiger partial charge in [-0.2, -0.15) is 0 Å². The molecule has 3 heterocycles. The van der Waals surface area contributed by atoms with Gasteiger partial charge in [-0.25, -0.2) is 14.6 Å². The topological polar surface area (TPSA) is 128 Å².